The van der Waals surface area contributed by atoms with Crippen LogP contribution in [-0.2, 0) is 0 Å². The number of nitro groups is 1. The zero-order chi connectivity index (χ0) is 13.8. The Balaban J connectivity index is 2.37. The van der Waals surface area contributed by atoms with Crippen LogP contribution in [0.4, 0.5) is 11.4 Å². The van der Waals surface area contributed by atoms with Gasteiger partial charge < -0.3 is 5.32 Å². The lowest BCUT2D eigenvalue weighted by atomic mass is 10.2. The number of anilines is 1. The number of benzene rings is 1. The largest absolute Gasteiger partial charge is 0.380 e. The van der Waals surface area contributed by atoms with E-state index in [2.05, 4.69) is 27.2 Å². The Morgan fingerprint density at radius 3 is 2.84 bits per heavy atom. The van der Waals surface area contributed by atoms with Gasteiger partial charge in [0.2, 0.25) is 5.52 Å². The van der Waals surface area contributed by atoms with Crippen molar-refractivity contribution in [2.75, 3.05) is 17.3 Å². The second kappa shape index (κ2) is 5.87. The number of non-ortho nitro benzene ring substituents is 1. The maximum atomic E-state index is 10.9. The summed E-state index contributed by atoms with van der Waals surface area (Å²) in [7, 11) is 0. The molecule has 1 aromatic carbocycles. The van der Waals surface area contributed by atoms with E-state index in [1.165, 1.54) is 6.07 Å². The maximum Gasteiger partial charge on any atom is 0.300 e. The van der Waals surface area contributed by atoms with Crippen LogP contribution >= 0.6 is 11.8 Å². The van der Waals surface area contributed by atoms with E-state index in [4.69, 9.17) is 0 Å². The average molecular weight is 282 g/mol. The minimum atomic E-state index is -0.491. The maximum absolute atomic E-state index is 10.9. The van der Waals surface area contributed by atoms with E-state index in [-0.39, 0.29) is 17.2 Å². The number of thioether (sulfide) groups is 1. The van der Waals surface area contributed by atoms with Crippen molar-refractivity contribution >= 4 is 34.2 Å². The summed E-state index contributed by atoms with van der Waals surface area (Å²) in [5.41, 5.74) is 1.19. The van der Waals surface area contributed by atoms with E-state index >= 15 is 0 Å². The fourth-order valence-corrected chi connectivity index (χ4v) is 2.52. The molecule has 0 aliphatic rings. The molecule has 1 unspecified atom stereocenters. The van der Waals surface area contributed by atoms with Crippen LogP contribution in [0.15, 0.2) is 16.8 Å². The Hall–Kier alpha value is -1.83. The molecular weight excluding hydrogens is 268 g/mol. The summed E-state index contributed by atoms with van der Waals surface area (Å²) in [4.78, 5) is 10.4. The van der Waals surface area contributed by atoms with Crippen molar-refractivity contribution in [3.8, 4) is 0 Å². The van der Waals surface area contributed by atoms with Crippen LogP contribution in [0.1, 0.15) is 13.3 Å². The number of nitrogens with one attached hydrogen (secondary N) is 1. The molecule has 0 bridgehead atoms. The molecule has 0 spiro atoms. The summed E-state index contributed by atoms with van der Waals surface area (Å²) < 4.78 is 4.62. The number of nitro benzene ring substituents is 1. The van der Waals surface area contributed by atoms with Crippen molar-refractivity contribution in [2.24, 2.45) is 0 Å². The molecule has 19 heavy (non-hydrogen) atoms. The molecule has 7 nitrogen and oxygen atoms in total. The first-order valence-corrected chi connectivity index (χ1v) is 7.21. The number of aromatic nitrogens is 2. The van der Waals surface area contributed by atoms with E-state index < -0.39 is 4.92 Å². The van der Waals surface area contributed by atoms with Crippen LogP contribution in [0.3, 0.4) is 0 Å². The summed E-state index contributed by atoms with van der Waals surface area (Å²) in [6, 6.07) is 3.34. The predicted molar refractivity (Wildman–Crippen MR) is 74.5 cm³/mol. The molecule has 1 N–H and O–H groups in total. The van der Waals surface area contributed by atoms with Gasteiger partial charge in [0.15, 0.2) is 5.52 Å². The van der Waals surface area contributed by atoms with Crippen LogP contribution < -0.4 is 5.32 Å². The van der Waals surface area contributed by atoms with Crippen molar-refractivity contribution in [1.82, 2.24) is 10.3 Å². The molecule has 0 amide bonds. The van der Waals surface area contributed by atoms with Gasteiger partial charge >= 0.3 is 5.69 Å². The average Bonchev–Trinajstić information content (AvgIpc) is 2.87. The second-order valence-corrected chi connectivity index (χ2v) is 4.97. The van der Waals surface area contributed by atoms with Gasteiger partial charge in [0.1, 0.15) is 0 Å². The summed E-state index contributed by atoms with van der Waals surface area (Å²) in [5, 5.41) is 21.6. The third-order valence-electron chi connectivity index (χ3n) is 2.81. The molecule has 1 atom stereocenters. The van der Waals surface area contributed by atoms with E-state index in [0.717, 1.165) is 12.2 Å². The summed E-state index contributed by atoms with van der Waals surface area (Å²) in [5.74, 6) is 0.945. The van der Waals surface area contributed by atoms with E-state index in [0.29, 0.717) is 11.2 Å². The lowest BCUT2D eigenvalue weighted by molar-refractivity contribution is -0.383. The van der Waals surface area contributed by atoms with Crippen molar-refractivity contribution in [3.05, 3.63) is 22.2 Å². The minimum absolute atomic E-state index is 0.0975. The lowest BCUT2D eigenvalue weighted by Crippen LogP contribution is -2.21. The predicted octanol–water partition coefficient (Wildman–Crippen LogP) is 2.68. The summed E-state index contributed by atoms with van der Waals surface area (Å²) >= 11 is 1.74. The van der Waals surface area contributed by atoms with Gasteiger partial charge in [0.25, 0.3) is 0 Å². The quantitative estimate of drug-likeness (QED) is 0.643. The van der Waals surface area contributed by atoms with Gasteiger partial charge in [0, 0.05) is 17.9 Å². The van der Waals surface area contributed by atoms with E-state index in [1.807, 2.05) is 6.26 Å². The van der Waals surface area contributed by atoms with Crippen molar-refractivity contribution in [1.29, 1.82) is 0 Å². The van der Waals surface area contributed by atoms with E-state index in [9.17, 15) is 10.1 Å². The third-order valence-corrected chi connectivity index (χ3v) is 3.55. The zero-order valence-electron chi connectivity index (χ0n) is 10.6. The molecule has 0 fully saturated rings. The first kappa shape index (κ1) is 13.6. The fourth-order valence-electron chi connectivity index (χ4n) is 1.80. The topological polar surface area (TPSA) is 94.1 Å². The van der Waals surface area contributed by atoms with Crippen LogP contribution in [0.2, 0.25) is 0 Å². The van der Waals surface area contributed by atoms with Crippen molar-refractivity contribution in [3.63, 3.8) is 0 Å². The molecule has 102 valence electrons. The van der Waals surface area contributed by atoms with Crippen LogP contribution in [0, 0.1) is 10.1 Å². The Morgan fingerprint density at radius 1 is 1.47 bits per heavy atom. The second-order valence-electron chi connectivity index (χ2n) is 4.06. The lowest BCUT2D eigenvalue weighted by Gasteiger charge is -2.16. The molecule has 8 heteroatoms. The van der Waals surface area contributed by atoms with Gasteiger partial charge in [-0.25, -0.2) is 4.63 Å². The fraction of sp³-hybridized carbons (Fsp3) is 0.455. The van der Waals surface area contributed by atoms with Crippen molar-refractivity contribution < 1.29 is 9.55 Å². The molecule has 0 saturated carbocycles. The SMILES string of the molecule is CCC(CSC)Nc1ccc([N+](=O)[O-])c2nonc12. The highest BCUT2D eigenvalue weighted by Crippen LogP contribution is 2.29. The molecule has 2 rings (SSSR count). The first-order valence-electron chi connectivity index (χ1n) is 5.82. The highest BCUT2D eigenvalue weighted by Gasteiger charge is 2.20. The normalized spacial score (nSPS) is 12.5. The monoisotopic (exact) mass is 282 g/mol. The van der Waals surface area contributed by atoms with Gasteiger partial charge in [-0.3, -0.25) is 10.1 Å². The molecule has 2 aromatic rings. The van der Waals surface area contributed by atoms with Crippen LogP contribution in [0.5, 0.6) is 0 Å². The molecule has 1 aromatic heterocycles. The molecule has 1 heterocycles. The molecule has 0 radical (unpaired) electrons. The highest BCUT2D eigenvalue weighted by atomic mass is 32.2. The number of hydrogen-bond acceptors (Lipinski definition) is 7. The standard InChI is InChI=1S/C11H14N4O3S/c1-3-7(6-19-2)12-8-4-5-9(15(16)17)11-10(8)13-18-14-11/h4-5,7,12H,3,6H2,1-2H3. The van der Waals surface area contributed by atoms with Crippen LogP contribution in [0.25, 0.3) is 11.0 Å². The Labute approximate surface area is 113 Å². The number of fused-ring (bicyclic) bond motifs is 1. The number of rotatable bonds is 6. The molecule has 0 aliphatic heterocycles. The molecular formula is C11H14N4O3S. The minimum Gasteiger partial charge on any atom is -0.380 e. The Bertz CT molecular complexity index is 586. The zero-order valence-corrected chi connectivity index (χ0v) is 11.4. The number of hydrogen-bond donors (Lipinski definition) is 1. The van der Waals surface area contributed by atoms with Crippen molar-refractivity contribution in [2.45, 2.75) is 19.4 Å². The van der Waals surface area contributed by atoms with E-state index in [1.54, 1.807) is 17.8 Å². The molecule has 0 aliphatic carbocycles. The first-order chi connectivity index (χ1) is 9.17. The van der Waals surface area contributed by atoms with Gasteiger partial charge in [-0.15, -0.1) is 0 Å². The van der Waals surface area contributed by atoms with Gasteiger partial charge in [-0.05, 0) is 29.1 Å². The smallest absolute Gasteiger partial charge is 0.300 e. The Kier molecular flexibility index (Phi) is 4.20. The van der Waals surface area contributed by atoms with Gasteiger partial charge in [-0.2, -0.15) is 11.8 Å². The van der Waals surface area contributed by atoms with Crippen LogP contribution in [-0.4, -0.2) is 33.3 Å². The van der Waals surface area contributed by atoms with Gasteiger partial charge in [0.05, 0.1) is 10.6 Å². The Morgan fingerprint density at radius 2 is 2.21 bits per heavy atom. The van der Waals surface area contributed by atoms with Gasteiger partial charge in [-0.1, -0.05) is 6.92 Å². The summed E-state index contributed by atoms with van der Waals surface area (Å²) in [6.45, 7) is 2.08. The highest BCUT2D eigenvalue weighted by molar-refractivity contribution is 7.98. The number of nitrogens with zero attached hydrogens (tertiary/aromatic N) is 3. The third kappa shape index (κ3) is 2.78. The summed E-state index contributed by atoms with van der Waals surface area (Å²) in [6.07, 6.45) is 2.98. The molecule has 0 saturated heterocycles.